The minimum atomic E-state index is -3.29. The lowest BCUT2D eigenvalue weighted by Gasteiger charge is -2.42. The molecule has 0 unspecified atom stereocenters. The van der Waals surface area contributed by atoms with Crippen LogP contribution < -0.4 is 5.14 Å². The van der Waals surface area contributed by atoms with Gasteiger partial charge in [0.05, 0.1) is 0 Å². The molecule has 1 fully saturated rings. The van der Waals surface area contributed by atoms with E-state index in [1.807, 2.05) is 0 Å². The summed E-state index contributed by atoms with van der Waals surface area (Å²) in [6.45, 7) is 1.23. The van der Waals surface area contributed by atoms with Crippen LogP contribution in [0.5, 0.6) is 0 Å². The Morgan fingerprint density at radius 3 is 2.08 bits per heavy atom. The molecule has 0 radical (unpaired) electrons. The SMILES string of the molecule is CS(C)(C)CN1CC(S(N)(=O)=O)C1. The van der Waals surface area contributed by atoms with Crippen molar-refractivity contribution in [3.63, 3.8) is 0 Å². The van der Waals surface area contributed by atoms with Gasteiger partial charge in [-0.25, -0.2) is 23.6 Å². The largest absolute Gasteiger partial charge is 0.293 e. The molecule has 13 heavy (non-hydrogen) atoms. The van der Waals surface area contributed by atoms with E-state index in [0.717, 1.165) is 5.88 Å². The van der Waals surface area contributed by atoms with Gasteiger partial charge in [-0.1, -0.05) is 0 Å². The fourth-order valence-electron chi connectivity index (χ4n) is 1.38. The molecule has 1 rings (SSSR count). The molecule has 0 atom stereocenters. The van der Waals surface area contributed by atoms with Crippen LogP contribution in [-0.2, 0) is 10.0 Å². The highest BCUT2D eigenvalue weighted by molar-refractivity contribution is 8.32. The van der Waals surface area contributed by atoms with Crippen LogP contribution in [0.15, 0.2) is 0 Å². The van der Waals surface area contributed by atoms with Crippen molar-refractivity contribution in [2.45, 2.75) is 5.25 Å². The average Bonchev–Trinajstić information content (AvgIpc) is 1.71. The number of hydrogen-bond donors (Lipinski definition) is 1. The van der Waals surface area contributed by atoms with E-state index < -0.39 is 20.1 Å². The highest BCUT2D eigenvalue weighted by Crippen LogP contribution is 2.37. The van der Waals surface area contributed by atoms with Crippen molar-refractivity contribution in [2.24, 2.45) is 5.14 Å². The van der Waals surface area contributed by atoms with E-state index in [0.29, 0.717) is 13.1 Å². The van der Waals surface area contributed by atoms with E-state index >= 15 is 0 Å². The van der Waals surface area contributed by atoms with Gasteiger partial charge < -0.3 is 0 Å². The number of rotatable bonds is 3. The van der Waals surface area contributed by atoms with Gasteiger partial charge in [0.25, 0.3) is 0 Å². The number of primary sulfonamides is 1. The highest BCUT2D eigenvalue weighted by Gasteiger charge is 2.35. The van der Waals surface area contributed by atoms with Crippen LogP contribution in [-0.4, -0.2) is 56.3 Å². The smallest absolute Gasteiger partial charge is 0.214 e. The van der Waals surface area contributed by atoms with Crippen LogP contribution in [0.1, 0.15) is 0 Å². The maximum atomic E-state index is 10.9. The minimum Gasteiger partial charge on any atom is -0.293 e. The molecule has 4 nitrogen and oxygen atoms in total. The molecule has 0 saturated carbocycles. The third-order valence-electron chi connectivity index (χ3n) is 1.96. The van der Waals surface area contributed by atoms with Crippen molar-refractivity contribution < 1.29 is 8.42 Å². The molecule has 0 spiro atoms. The molecule has 1 aliphatic heterocycles. The Bertz CT molecular complexity index is 275. The zero-order chi connectivity index (χ0) is 10.3. The molecular formula is C7H18N2O2S2. The molecular weight excluding hydrogens is 208 g/mol. The van der Waals surface area contributed by atoms with E-state index in [4.69, 9.17) is 5.14 Å². The number of nitrogens with zero attached hydrogens (tertiary/aromatic N) is 1. The lowest BCUT2D eigenvalue weighted by atomic mass is 10.2. The fourth-order valence-corrected chi connectivity index (χ4v) is 3.53. The maximum absolute atomic E-state index is 10.9. The van der Waals surface area contributed by atoms with Gasteiger partial charge in [0.15, 0.2) is 0 Å². The Morgan fingerprint density at radius 1 is 1.31 bits per heavy atom. The normalized spacial score (nSPS) is 22.8. The van der Waals surface area contributed by atoms with Crippen molar-refractivity contribution in [3.05, 3.63) is 0 Å². The lowest BCUT2D eigenvalue weighted by Crippen LogP contribution is -2.56. The van der Waals surface area contributed by atoms with Crippen molar-refractivity contribution in [1.82, 2.24) is 4.90 Å². The quantitative estimate of drug-likeness (QED) is 0.713. The van der Waals surface area contributed by atoms with Crippen molar-refractivity contribution in [3.8, 4) is 0 Å². The Morgan fingerprint density at radius 2 is 1.77 bits per heavy atom. The van der Waals surface area contributed by atoms with E-state index in [1.165, 1.54) is 0 Å². The summed E-state index contributed by atoms with van der Waals surface area (Å²) in [5.74, 6) is 1.01. The average molecular weight is 226 g/mol. The molecule has 0 amide bonds. The summed E-state index contributed by atoms with van der Waals surface area (Å²) in [6, 6.07) is 0. The Balaban J connectivity index is 2.35. The number of sulfonamides is 1. The first-order valence-electron chi connectivity index (χ1n) is 4.08. The van der Waals surface area contributed by atoms with Gasteiger partial charge in [-0.2, -0.15) is 0 Å². The second-order valence-corrected chi connectivity index (χ2v) is 10.8. The minimum absolute atomic E-state index is 0.325. The first kappa shape index (κ1) is 11.3. The molecule has 1 heterocycles. The second-order valence-electron chi connectivity index (χ2n) is 4.47. The molecule has 0 aliphatic carbocycles. The van der Waals surface area contributed by atoms with Crippen molar-refractivity contribution in [1.29, 1.82) is 0 Å². The Hall–Kier alpha value is 0.220. The van der Waals surface area contributed by atoms with E-state index in [2.05, 4.69) is 23.7 Å². The standard InChI is InChI=1S/C7H18N2O2S2/c1-12(2,3)6-9-4-7(5-9)13(8,10)11/h7H,4-6H2,1-3H3,(H2,8,10,11). The zero-order valence-electron chi connectivity index (χ0n) is 8.36. The van der Waals surface area contributed by atoms with E-state index in [1.54, 1.807) is 0 Å². The summed E-state index contributed by atoms with van der Waals surface area (Å²) < 4.78 is 21.8. The molecule has 80 valence electrons. The topological polar surface area (TPSA) is 63.4 Å². The highest BCUT2D eigenvalue weighted by atomic mass is 32.3. The third-order valence-corrected chi connectivity index (χ3v) is 4.33. The molecule has 0 aromatic carbocycles. The molecule has 0 aromatic rings. The summed E-state index contributed by atoms with van der Waals surface area (Å²) in [7, 11) is -3.85. The lowest BCUT2D eigenvalue weighted by molar-refractivity contribution is 0.220. The maximum Gasteiger partial charge on any atom is 0.214 e. The van der Waals surface area contributed by atoms with Gasteiger partial charge in [-0.15, -0.1) is 0 Å². The van der Waals surface area contributed by atoms with Gasteiger partial charge in [-0.05, 0) is 18.8 Å². The Labute approximate surface area is 81.8 Å². The zero-order valence-corrected chi connectivity index (χ0v) is 9.99. The molecule has 0 aromatic heterocycles. The van der Waals surface area contributed by atoms with Crippen molar-refractivity contribution >= 4 is 20.1 Å². The van der Waals surface area contributed by atoms with Gasteiger partial charge >= 0.3 is 0 Å². The van der Waals surface area contributed by atoms with Crippen LogP contribution in [0, 0.1) is 0 Å². The fraction of sp³-hybridized carbons (Fsp3) is 1.00. The first-order chi connectivity index (χ1) is 5.68. The summed E-state index contributed by atoms with van der Waals surface area (Å²) in [4.78, 5) is 2.16. The summed E-state index contributed by atoms with van der Waals surface area (Å²) >= 11 is 0. The summed E-state index contributed by atoms with van der Waals surface area (Å²) in [5.41, 5.74) is 0. The first-order valence-corrected chi connectivity index (χ1v) is 8.72. The van der Waals surface area contributed by atoms with E-state index in [-0.39, 0.29) is 5.25 Å². The summed E-state index contributed by atoms with van der Waals surface area (Å²) in [5, 5.41) is 4.69. The van der Waals surface area contributed by atoms with Crippen LogP contribution in [0.4, 0.5) is 0 Å². The van der Waals surface area contributed by atoms with Gasteiger partial charge in [0, 0.05) is 19.0 Å². The second kappa shape index (κ2) is 3.42. The third kappa shape index (κ3) is 3.46. The van der Waals surface area contributed by atoms with Gasteiger partial charge in [0.2, 0.25) is 10.0 Å². The molecule has 2 N–H and O–H groups in total. The van der Waals surface area contributed by atoms with Crippen LogP contribution in [0.25, 0.3) is 0 Å². The number of likely N-dealkylation sites (tertiary alicyclic amines) is 1. The molecule has 1 saturated heterocycles. The van der Waals surface area contributed by atoms with Crippen LogP contribution in [0.2, 0.25) is 0 Å². The number of nitrogens with two attached hydrogens (primary N) is 1. The van der Waals surface area contributed by atoms with Crippen LogP contribution in [0.3, 0.4) is 0 Å². The van der Waals surface area contributed by atoms with Crippen molar-refractivity contribution in [2.75, 3.05) is 37.7 Å². The van der Waals surface area contributed by atoms with E-state index in [9.17, 15) is 8.42 Å². The Kier molecular flexibility index (Phi) is 2.97. The molecule has 1 aliphatic rings. The van der Waals surface area contributed by atoms with Gasteiger partial charge in [0.1, 0.15) is 5.25 Å². The monoisotopic (exact) mass is 226 g/mol. The summed E-state index contributed by atoms with van der Waals surface area (Å²) in [6.07, 6.45) is 6.66. The molecule has 0 bridgehead atoms. The molecule has 6 heteroatoms. The van der Waals surface area contributed by atoms with Crippen LogP contribution >= 0.6 is 10.0 Å². The van der Waals surface area contributed by atoms with Gasteiger partial charge in [-0.3, -0.25) is 4.90 Å². The predicted octanol–water partition coefficient (Wildman–Crippen LogP) is -0.389. The predicted molar refractivity (Wildman–Crippen MR) is 58.7 cm³/mol. The number of hydrogen-bond acceptors (Lipinski definition) is 3.